The van der Waals surface area contributed by atoms with Crippen LogP contribution in [-0.2, 0) is 0 Å². The van der Waals surface area contributed by atoms with E-state index in [1.54, 1.807) is 0 Å². The molecule has 6 heteroatoms. The van der Waals surface area contributed by atoms with E-state index >= 15 is 0 Å². The predicted molar refractivity (Wildman–Crippen MR) is 358 cm³/mol. The summed E-state index contributed by atoms with van der Waals surface area (Å²) in [6.07, 6.45) is 0. The molecule has 0 radical (unpaired) electrons. The Labute approximate surface area is 492 Å². The summed E-state index contributed by atoms with van der Waals surface area (Å²) in [5.41, 5.74) is 19.0. The Kier molecular flexibility index (Phi) is 11.3. The standard InChI is InChI=1S/C78H48N2O2S2/c1-2-18-55(19-3-1)79(56-35-31-49(32-36-56)51-34-41-76-66(45-51)63-24-7-10-29-74(63)83-76)57-20-13-17-54(44-57)61-22-5-4-21-60(61)53-16-12-15-50(43-53)52-33-39-72-68(46-52)78-69(26-14-28-73(78)82-72)80(58-37-40-71-65(47-58)62-23-6-9-27-70(62)81-71)59-38-42-77-67(48-59)64-25-8-11-30-75(64)84-77/h1-48H. The predicted octanol–water partition coefficient (Wildman–Crippen LogP) is 23.8. The summed E-state index contributed by atoms with van der Waals surface area (Å²) >= 11 is 3.69. The van der Waals surface area contributed by atoms with Crippen LogP contribution in [0.25, 0.3) is 129 Å². The molecule has 4 nitrogen and oxygen atoms in total. The summed E-state index contributed by atoms with van der Waals surface area (Å²) in [6.45, 7) is 0. The maximum Gasteiger partial charge on any atom is 0.137 e. The number of nitrogens with zero attached hydrogens (tertiary/aromatic N) is 2. The lowest BCUT2D eigenvalue weighted by molar-refractivity contribution is 0.668. The van der Waals surface area contributed by atoms with Gasteiger partial charge in [-0.25, -0.2) is 0 Å². The Hall–Kier alpha value is -10.5. The minimum absolute atomic E-state index is 0.829. The molecule has 0 saturated heterocycles. The number of benzene rings is 13. The number of hydrogen-bond acceptors (Lipinski definition) is 6. The van der Waals surface area contributed by atoms with Crippen molar-refractivity contribution in [3.63, 3.8) is 0 Å². The first kappa shape index (κ1) is 48.2. The molecule has 394 valence electrons. The second-order valence-corrected chi connectivity index (χ2v) is 23.7. The molecule has 0 spiro atoms. The number of para-hydroxylation sites is 2. The quantitative estimate of drug-likeness (QED) is 0.137. The van der Waals surface area contributed by atoms with E-state index in [2.05, 4.69) is 289 Å². The van der Waals surface area contributed by atoms with Crippen LogP contribution in [0.3, 0.4) is 0 Å². The Balaban J connectivity index is 0.743. The molecule has 0 atom stereocenters. The van der Waals surface area contributed by atoms with Crippen LogP contribution in [0.2, 0.25) is 0 Å². The van der Waals surface area contributed by atoms with Crippen molar-refractivity contribution >= 4 is 141 Å². The molecule has 0 amide bonds. The summed E-state index contributed by atoms with van der Waals surface area (Å²) in [5, 5.41) is 9.38. The van der Waals surface area contributed by atoms with E-state index in [-0.39, 0.29) is 0 Å². The largest absolute Gasteiger partial charge is 0.456 e. The second-order valence-electron chi connectivity index (χ2n) is 21.6. The van der Waals surface area contributed by atoms with Gasteiger partial charge in [0.05, 0.1) is 11.1 Å². The van der Waals surface area contributed by atoms with E-state index in [9.17, 15) is 0 Å². The number of thiophene rings is 2. The minimum atomic E-state index is 0.829. The van der Waals surface area contributed by atoms with Gasteiger partial charge in [0.1, 0.15) is 22.3 Å². The van der Waals surface area contributed by atoms with Gasteiger partial charge in [-0.2, -0.15) is 0 Å². The molecule has 0 saturated carbocycles. The number of hydrogen-bond donors (Lipinski definition) is 0. The highest BCUT2D eigenvalue weighted by atomic mass is 32.1. The molecule has 0 aliphatic carbocycles. The van der Waals surface area contributed by atoms with E-state index in [1.165, 1.54) is 51.5 Å². The number of anilines is 6. The Morgan fingerprint density at radius 1 is 0.226 bits per heavy atom. The van der Waals surface area contributed by atoms with Crippen LogP contribution in [-0.4, -0.2) is 0 Å². The summed E-state index contributed by atoms with van der Waals surface area (Å²) in [4.78, 5) is 4.75. The Morgan fingerprint density at radius 2 is 0.679 bits per heavy atom. The zero-order chi connectivity index (χ0) is 55.2. The van der Waals surface area contributed by atoms with Crippen LogP contribution in [0, 0.1) is 0 Å². The maximum absolute atomic E-state index is 6.78. The fourth-order valence-electron chi connectivity index (χ4n) is 12.7. The Morgan fingerprint density at radius 3 is 1.46 bits per heavy atom. The summed E-state index contributed by atoms with van der Waals surface area (Å²) in [6, 6.07) is 106. The molecule has 0 aliphatic rings. The average molecular weight is 1110 g/mol. The third-order valence-corrected chi connectivity index (χ3v) is 19.0. The zero-order valence-electron chi connectivity index (χ0n) is 45.2. The molecule has 0 fully saturated rings. The van der Waals surface area contributed by atoms with Crippen LogP contribution in [0.1, 0.15) is 0 Å². The molecule has 0 unspecified atom stereocenters. The molecule has 13 aromatic carbocycles. The highest BCUT2D eigenvalue weighted by molar-refractivity contribution is 7.26. The van der Waals surface area contributed by atoms with Crippen molar-refractivity contribution in [1.29, 1.82) is 0 Å². The summed E-state index contributed by atoms with van der Waals surface area (Å²) in [7, 11) is 0. The van der Waals surface area contributed by atoms with Crippen molar-refractivity contribution < 1.29 is 8.83 Å². The lowest BCUT2D eigenvalue weighted by atomic mass is 9.92. The summed E-state index contributed by atoms with van der Waals surface area (Å²) < 4.78 is 18.3. The first-order valence-corrected chi connectivity index (χ1v) is 30.0. The van der Waals surface area contributed by atoms with Crippen LogP contribution < -0.4 is 9.80 Å². The topological polar surface area (TPSA) is 32.8 Å². The number of rotatable bonds is 10. The highest BCUT2D eigenvalue weighted by Gasteiger charge is 2.23. The maximum atomic E-state index is 6.78. The van der Waals surface area contributed by atoms with E-state index in [0.29, 0.717) is 0 Å². The van der Waals surface area contributed by atoms with Crippen LogP contribution in [0.4, 0.5) is 34.1 Å². The number of fused-ring (bicyclic) bond motifs is 12. The fraction of sp³-hybridized carbons (Fsp3) is 0. The molecule has 4 heterocycles. The molecule has 17 rings (SSSR count). The summed E-state index contributed by atoms with van der Waals surface area (Å²) in [5.74, 6) is 0. The van der Waals surface area contributed by atoms with Crippen molar-refractivity contribution in [2.24, 2.45) is 0 Å². The Bertz CT molecular complexity index is 5300. The molecule has 84 heavy (non-hydrogen) atoms. The van der Waals surface area contributed by atoms with Gasteiger partial charge in [0, 0.05) is 84.9 Å². The fourth-order valence-corrected chi connectivity index (χ4v) is 14.9. The van der Waals surface area contributed by atoms with Gasteiger partial charge < -0.3 is 18.6 Å². The normalized spacial score (nSPS) is 11.8. The highest BCUT2D eigenvalue weighted by Crippen LogP contribution is 2.48. The van der Waals surface area contributed by atoms with Gasteiger partial charge in [-0.05, 0) is 178 Å². The van der Waals surface area contributed by atoms with Crippen molar-refractivity contribution in [2.75, 3.05) is 9.80 Å². The van der Waals surface area contributed by atoms with Gasteiger partial charge in [0.15, 0.2) is 0 Å². The molecule has 0 aliphatic heterocycles. The van der Waals surface area contributed by atoms with E-state index in [0.717, 1.165) is 111 Å². The van der Waals surface area contributed by atoms with Crippen molar-refractivity contribution in [1.82, 2.24) is 0 Å². The third-order valence-electron chi connectivity index (χ3n) is 16.7. The van der Waals surface area contributed by atoms with Crippen molar-refractivity contribution in [2.45, 2.75) is 0 Å². The monoisotopic (exact) mass is 1110 g/mol. The van der Waals surface area contributed by atoms with Crippen LogP contribution >= 0.6 is 22.7 Å². The molecular weight excluding hydrogens is 1060 g/mol. The van der Waals surface area contributed by atoms with Crippen LogP contribution in [0.5, 0.6) is 0 Å². The zero-order valence-corrected chi connectivity index (χ0v) is 46.9. The average Bonchev–Trinajstić information content (AvgIpc) is 3.67. The SMILES string of the molecule is c1ccc(N(c2ccc(-c3ccc4sc5ccccc5c4c3)cc2)c2cccc(-c3ccccc3-c3cccc(-c4ccc5oc6cccc(N(c7ccc8oc9ccccc9c8c7)c7ccc8sc9ccccc9c8c7)c6c5c4)c3)c2)cc1. The first-order valence-electron chi connectivity index (χ1n) is 28.4. The second kappa shape index (κ2) is 19.6. The first-order chi connectivity index (χ1) is 41.6. The van der Waals surface area contributed by atoms with E-state index in [1.807, 2.05) is 34.8 Å². The molecule has 0 N–H and O–H groups in total. The molecular formula is C78H48N2O2S2. The lowest BCUT2D eigenvalue weighted by Gasteiger charge is -2.26. The minimum Gasteiger partial charge on any atom is -0.456 e. The van der Waals surface area contributed by atoms with Gasteiger partial charge in [-0.3, -0.25) is 0 Å². The third kappa shape index (κ3) is 8.10. The smallest absolute Gasteiger partial charge is 0.137 e. The van der Waals surface area contributed by atoms with E-state index in [4.69, 9.17) is 8.83 Å². The van der Waals surface area contributed by atoms with Gasteiger partial charge in [-0.1, -0.05) is 158 Å². The van der Waals surface area contributed by atoms with Gasteiger partial charge in [0.25, 0.3) is 0 Å². The van der Waals surface area contributed by atoms with Crippen LogP contribution in [0.15, 0.2) is 300 Å². The van der Waals surface area contributed by atoms with Crippen molar-refractivity contribution in [3.8, 4) is 44.5 Å². The van der Waals surface area contributed by atoms with Gasteiger partial charge >= 0.3 is 0 Å². The number of furan rings is 2. The lowest BCUT2D eigenvalue weighted by Crippen LogP contribution is -2.10. The van der Waals surface area contributed by atoms with Crippen molar-refractivity contribution in [3.05, 3.63) is 291 Å². The van der Waals surface area contributed by atoms with Gasteiger partial charge in [0.2, 0.25) is 0 Å². The molecule has 17 aromatic rings. The molecule has 0 bridgehead atoms. The van der Waals surface area contributed by atoms with Gasteiger partial charge in [-0.15, -0.1) is 22.7 Å². The van der Waals surface area contributed by atoms with E-state index < -0.39 is 0 Å². The molecule has 4 aromatic heterocycles.